The summed E-state index contributed by atoms with van der Waals surface area (Å²) in [5, 5.41) is 2.72. The van der Waals surface area contributed by atoms with Crippen molar-refractivity contribution in [1.29, 1.82) is 0 Å². The normalized spacial score (nSPS) is 15.2. The van der Waals surface area contributed by atoms with Gasteiger partial charge in [-0.15, -0.1) is 0 Å². The van der Waals surface area contributed by atoms with Gasteiger partial charge in [-0.05, 0) is 48.7 Å². The fourth-order valence-electron chi connectivity index (χ4n) is 3.11. The van der Waals surface area contributed by atoms with E-state index < -0.39 is 26.6 Å². The van der Waals surface area contributed by atoms with Gasteiger partial charge >= 0.3 is 0 Å². The van der Waals surface area contributed by atoms with Crippen molar-refractivity contribution >= 4 is 15.9 Å². The summed E-state index contributed by atoms with van der Waals surface area (Å²) in [6.45, 7) is 1.000. The van der Waals surface area contributed by atoms with E-state index in [1.165, 1.54) is 10.4 Å². The zero-order chi connectivity index (χ0) is 20.1. The van der Waals surface area contributed by atoms with Gasteiger partial charge in [0, 0.05) is 25.2 Å². The summed E-state index contributed by atoms with van der Waals surface area (Å²) in [4.78, 5) is 12.0. The minimum atomic E-state index is -3.96. The molecule has 150 valence electrons. The second-order valence-corrected chi connectivity index (χ2v) is 8.55. The van der Waals surface area contributed by atoms with Gasteiger partial charge in [0.25, 0.3) is 5.91 Å². The molecule has 1 aliphatic rings. The molecular formula is C20H23FN2O4S. The van der Waals surface area contributed by atoms with Gasteiger partial charge in [0.1, 0.15) is 16.5 Å². The number of benzene rings is 2. The number of hydrogen-bond donors (Lipinski definition) is 1. The van der Waals surface area contributed by atoms with Crippen LogP contribution in [-0.4, -0.2) is 38.8 Å². The summed E-state index contributed by atoms with van der Waals surface area (Å²) >= 11 is 0. The monoisotopic (exact) mass is 406 g/mol. The molecule has 1 aliphatic heterocycles. The first-order chi connectivity index (χ1) is 13.4. The molecule has 0 spiro atoms. The molecule has 0 unspecified atom stereocenters. The topological polar surface area (TPSA) is 75.7 Å². The van der Waals surface area contributed by atoms with E-state index in [4.69, 9.17) is 4.74 Å². The average molecular weight is 406 g/mol. The fourth-order valence-corrected chi connectivity index (χ4v) is 4.72. The Bertz CT molecular complexity index is 939. The van der Waals surface area contributed by atoms with Crippen LogP contribution in [-0.2, 0) is 16.6 Å². The van der Waals surface area contributed by atoms with E-state index in [1.54, 1.807) is 19.2 Å². The zero-order valence-corrected chi connectivity index (χ0v) is 16.5. The highest BCUT2D eigenvalue weighted by Gasteiger charge is 2.29. The molecule has 1 heterocycles. The van der Waals surface area contributed by atoms with Gasteiger partial charge in [-0.25, -0.2) is 12.8 Å². The van der Waals surface area contributed by atoms with Gasteiger partial charge < -0.3 is 10.1 Å². The number of methoxy groups -OCH3 is 1. The van der Waals surface area contributed by atoms with Gasteiger partial charge in [-0.1, -0.05) is 18.6 Å². The Morgan fingerprint density at radius 3 is 2.43 bits per heavy atom. The summed E-state index contributed by atoms with van der Waals surface area (Å²) in [6.07, 6.45) is 2.47. The van der Waals surface area contributed by atoms with E-state index in [2.05, 4.69) is 5.32 Å². The third-order valence-corrected chi connectivity index (χ3v) is 6.65. The molecule has 0 aromatic heterocycles. The van der Waals surface area contributed by atoms with Crippen LogP contribution in [0.1, 0.15) is 35.2 Å². The molecule has 0 bridgehead atoms. The predicted octanol–water partition coefficient (Wildman–Crippen LogP) is 2.94. The van der Waals surface area contributed by atoms with E-state index in [9.17, 15) is 17.6 Å². The van der Waals surface area contributed by atoms with Crippen molar-refractivity contribution in [2.45, 2.75) is 30.7 Å². The van der Waals surface area contributed by atoms with Crippen LogP contribution in [0.3, 0.4) is 0 Å². The summed E-state index contributed by atoms with van der Waals surface area (Å²) in [7, 11) is -2.39. The molecule has 2 aromatic carbocycles. The Labute approximate surface area is 164 Å². The van der Waals surface area contributed by atoms with Gasteiger partial charge in [-0.2, -0.15) is 4.31 Å². The lowest BCUT2D eigenvalue weighted by atomic mass is 10.2. The molecule has 1 amide bonds. The first-order valence-corrected chi connectivity index (χ1v) is 10.6. The Morgan fingerprint density at radius 1 is 1.11 bits per heavy atom. The minimum absolute atomic E-state index is 0.102. The van der Waals surface area contributed by atoms with Crippen LogP contribution in [0.2, 0.25) is 0 Å². The van der Waals surface area contributed by atoms with Crippen LogP contribution in [0.15, 0.2) is 47.4 Å². The van der Waals surface area contributed by atoms with E-state index >= 15 is 0 Å². The number of carbonyl (C=O) groups excluding carboxylic acids is 1. The van der Waals surface area contributed by atoms with Crippen molar-refractivity contribution in [3.8, 4) is 5.75 Å². The minimum Gasteiger partial charge on any atom is -0.497 e. The van der Waals surface area contributed by atoms with Gasteiger partial charge in [0.2, 0.25) is 10.0 Å². The van der Waals surface area contributed by atoms with Crippen LogP contribution in [0.4, 0.5) is 4.39 Å². The molecule has 0 atom stereocenters. The molecule has 2 aromatic rings. The van der Waals surface area contributed by atoms with Crippen molar-refractivity contribution in [3.63, 3.8) is 0 Å². The van der Waals surface area contributed by atoms with Crippen molar-refractivity contribution in [2.75, 3.05) is 20.2 Å². The standard InChI is InChI=1S/C20H23FN2O4S/c1-27-17-8-5-15(6-9-17)14-22-20(24)16-7-10-18(21)19(13-16)28(25,26)23-11-3-2-4-12-23/h5-10,13H,2-4,11-12,14H2,1H3,(H,22,24). The Hall–Kier alpha value is -2.45. The number of piperidine rings is 1. The van der Waals surface area contributed by atoms with E-state index in [0.29, 0.717) is 18.8 Å². The Kier molecular flexibility index (Phi) is 6.31. The molecule has 0 radical (unpaired) electrons. The molecule has 3 rings (SSSR count). The summed E-state index contributed by atoms with van der Waals surface area (Å²) in [6, 6.07) is 10.6. The van der Waals surface area contributed by atoms with E-state index in [-0.39, 0.29) is 12.1 Å². The number of ether oxygens (including phenoxy) is 1. The number of nitrogens with zero attached hydrogens (tertiary/aromatic N) is 1. The van der Waals surface area contributed by atoms with Crippen molar-refractivity contribution in [1.82, 2.24) is 9.62 Å². The second-order valence-electron chi connectivity index (χ2n) is 6.64. The van der Waals surface area contributed by atoms with Crippen LogP contribution in [0.25, 0.3) is 0 Å². The highest BCUT2D eigenvalue weighted by Crippen LogP contribution is 2.24. The number of amides is 1. The maximum atomic E-state index is 14.3. The maximum Gasteiger partial charge on any atom is 0.251 e. The highest BCUT2D eigenvalue weighted by atomic mass is 32.2. The van der Waals surface area contributed by atoms with Crippen LogP contribution >= 0.6 is 0 Å². The molecule has 1 saturated heterocycles. The summed E-state index contributed by atoms with van der Waals surface area (Å²) < 4.78 is 46.2. The number of rotatable bonds is 6. The third-order valence-electron chi connectivity index (χ3n) is 4.74. The second kappa shape index (κ2) is 8.70. The lowest BCUT2D eigenvalue weighted by Gasteiger charge is -2.26. The van der Waals surface area contributed by atoms with Crippen LogP contribution < -0.4 is 10.1 Å². The Balaban J connectivity index is 1.75. The zero-order valence-electron chi connectivity index (χ0n) is 15.7. The molecule has 28 heavy (non-hydrogen) atoms. The molecule has 6 nitrogen and oxygen atoms in total. The quantitative estimate of drug-likeness (QED) is 0.800. The average Bonchev–Trinajstić information content (AvgIpc) is 2.73. The van der Waals surface area contributed by atoms with Gasteiger partial charge in [0.05, 0.1) is 7.11 Å². The van der Waals surface area contributed by atoms with E-state index in [1.807, 2.05) is 12.1 Å². The SMILES string of the molecule is COc1ccc(CNC(=O)c2ccc(F)c(S(=O)(=O)N3CCCCC3)c2)cc1. The third kappa shape index (κ3) is 4.51. The molecule has 0 saturated carbocycles. The first-order valence-electron chi connectivity index (χ1n) is 9.12. The predicted molar refractivity (Wildman–Crippen MR) is 103 cm³/mol. The number of nitrogens with one attached hydrogen (secondary N) is 1. The van der Waals surface area contributed by atoms with Gasteiger partial charge in [0.15, 0.2) is 0 Å². The lowest BCUT2D eigenvalue weighted by molar-refractivity contribution is 0.0950. The lowest BCUT2D eigenvalue weighted by Crippen LogP contribution is -2.36. The fraction of sp³-hybridized carbons (Fsp3) is 0.350. The number of halogens is 1. The van der Waals surface area contributed by atoms with Crippen LogP contribution in [0.5, 0.6) is 5.75 Å². The number of carbonyl (C=O) groups is 1. The maximum absolute atomic E-state index is 14.3. The van der Waals surface area contributed by atoms with E-state index in [0.717, 1.165) is 37.0 Å². The summed E-state index contributed by atoms with van der Waals surface area (Å²) in [5.74, 6) is -0.607. The molecule has 1 fully saturated rings. The molecule has 8 heteroatoms. The first kappa shape index (κ1) is 20.3. The van der Waals surface area contributed by atoms with Gasteiger partial charge in [-0.3, -0.25) is 4.79 Å². The molecule has 1 N–H and O–H groups in total. The highest BCUT2D eigenvalue weighted by molar-refractivity contribution is 7.89. The smallest absolute Gasteiger partial charge is 0.251 e. The number of hydrogen-bond acceptors (Lipinski definition) is 4. The summed E-state index contributed by atoms with van der Waals surface area (Å²) in [5.41, 5.74) is 0.961. The molecular weight excluding hydrogens is 383 g/mol. The number of sulfonamides is 1. The van der Waals surface area contributed by atoms with Crippen molar-refractivity contribution < 1.29 is 22.3 Å². The molecule has 0 aliphatic carbocycles. The largest absolute Gasteiger partial charge is 0.497 e. The Morgan fingerprint density at radius 2 is 1.79 bits per heavy atom. The van der Waals surface area contributed by atoms with Crippen molar-refractivity contribution in [2.24, 2.45) is 0 Å². The van der Waals surface area contributed by atoms with Crippen LogP contribution in [0, 0.1) is 5.82 Å². The van der Waals surface area contributed by atoms with Crippen molar-refractivity contribution in [3.05, 3.63) is 59.4 Å².